The van der Waals surface area contributed by atoms with Gasteiger partial charge in [0, 0.05) is 12.6 Å². The molecular weight excluding hydrogens is 143 g/mol. The molecule has 1 saturated heterocycles. The first-order valence-electron chi connectivity index (χ1n) is 4.37. The summed E-state index contributed by atoms with van der Waals surface area (Å²) in [5.74, 6) is 0. The van der Waals surface area contributed by atoms with Crippen LogP contribution in [0, 0.1) is 0 Å². The second-order valence-corrected chi connectivity index (χ2v) is 3.25. The van der Waals surface area contributed by atoms with Gasteiger partial charge in [-0.15, -0.1) is 0 Å². The average molecular weight is 160 g/mol. The number of hydrogen-bond acceptors (Lipinski definition) is 2. The fraction of sp³-hybridized carbons (Fsp3) is 1.00. The molecule has 0 amide bonds. The second-order valence-electron chi connectivity index (χ2n) is 3.25. The third-order valence-electron chi connectivity index (χ3n) is 2.17. The largest absolute Gasteiger partial charge is 0.326 e. The van der Waals surface area contributed by atoms with Crippen LogP contribution in [0.25, 0.3) is 0 Å². The third kappa shape index (κ3) is 3.16. The van der Waals surface area contributed by atoms with Crippen molar-refractivity contribution in [1.82, 2.24) is 4.90 Å². The van der Waals surface area contributed by atoms with Crippen LogP contribution in [0.1, 0.15) is 19.3 Å². The summed E-state index contributed by atoms with van der Waals surface area (Å²) in [6.07, 6.45) is 2.78. The van der Waals surface area contributed by atoms with E-state index in [0.29, 0.717) is 12.5 Å². The van der Waals surface area contributed by atoms with Crippen molar-refractivity contribution in [1.29, 1.82) is 0 Å². The van der Waals surface area contributed by atoms with Gasteiger partial charge in [-0.05, 0) is 32.4 Å². The van der Waals surface area contributed by atoms with Gasteiger partial charge in [0.2, 0.25) is 0 Å². The number of rotatable bonds is 4. The Hall–Kier alpha value is -0.150. The summed E-state index contributed by atoms with van der Waals surface area (Å²) in [6.45, 7) is 2.96. The van der Waals surface area contributed by atoms with Crippen molar-refractivity contribution in [3.63, 3.8) is 0 Å². The van der Waals surface area contributed by atoms with E-state index in [4.69, 9.17) is 5.73 Å². The zero-order valence-electron chi connectivity index (χ0n) is 6.93. The lowest BCUT2D eigenvalue weighted by molar-refractivity contribution is 0.316. The number of nitrogens with zero attached hydrogens (tertiary/aromatic N) is 1. The highest BCUT2D eigenvalue weighted by Crippen LogP contribution is 2.07. The Labute approximate surface area is 67.6 Å². The topological polar surface area (TPSA) is 29.3 Å². The molecule has 1 atom stereocenters. The Balaban J connectivity index is 1.99. The van der Waals surface area contributed by atoms with Crippen LogP contribution in [-0.4, -0.2) is 37.3 Å². The average Bonchev–Trinajstić information content (AvgIpc) is 2.37. The van der Waals surface area contributed by atoms with Gasteiger partial charge in [-0.2, -0.15) is 0 Å². The molecule has 0 unspecified atom stereocenters. The molecule has 11 heavy (non-hydrogen) atoms. The summed E-state index contributed by atoms with van der Waals surface area (Å²) in [7, 11) is 0. The molecule has 0 bridgehead atoms. The molecule has 0 aromatic carbocycles. The van der Waals surface area contributed by atoms with E-state index in [1.54, 1.807) is 0 Å². The maximum atomic E-state index is 11.7. The number of nitrogens with two attached hydrogens (primary N) is 1. The molecule has 1 aliphatic heterocycles. The molecular formula is C8H17FN2. The molecule has 2 nitrogen and oxygen atoms in total. The van der Waals surface area contributed by atoms with Gasteiger partial charge in [0.25, 0.3) is 0 Å². The van der Waals surface area contributed by atoms with Gasteiger partial charge < -0.3 is 10.6 Å². The number of unbranched alkanes of at least 4 members (excludes halogenated alkanes) is 1. The van der Waals surface area contributed by atoms with E-state index in [1.165, 1.54) is 0 Å². The Morgan fingerprint density at radius 3 is 2.82 bits per heavy atom. The first-order chi connectivity index (χ1) is 5.33. The monoisotopic (exact) mass is 160 g/mol. The molecule has 0 saturated carbocycles. The van der Waals surface area contributed by atoms with Crippen molar-refractivity contribution in [2.75, 3.05) is 26.3 Å². The van der Waals surface area contributed by atoms with Gasteiger partial charge in [0.05, 0.1) is 6.67 Å². The van der Waals surface area contributed by atoms with Crippen molar-refractivity contribution < 1.29 is 4.39 Å². The lowest BCUT2D eigenvalue weighted by Gasteiger charge is -2.13. The minimum atomic E-state index is -0.181. The fourth-order valence-corrected chi connectivity index (χ4v) is 1.50. The van der Waals surface area contributed by atoms with Gasteiger partial charge in [0.1, 0.15) is 0 Å². The van der Waals surface area contributed by atoms with Gasteiger partial charge in [-0.1, -0.05) is 0 Å². The first-order valence-corrected chi connectivity index (χ1v) is 4.37. The molecule has 3 heteroatoms. The molecule has 2 N–H and O–H groups in total. The van der Waals surface area contributed by atoms with E-state index in [2.05, 4.69) is 4.90 Å². The van der Waals surface area contributed by atoms with E-state index in [0.717, 1.165) is 32.5 Å². The minimum absolute atomic E-state index is 0.181. The number of hydrogen-bond donors (Lipinski definition) is 1. The zero-order valence-corrected chi connectivity index (χ0v) is 6.93. The van der Waals surface area contributed by atoms with Crippen molar-refractivity contribution in [2.45, 2.75) is 25.3 Å². The van der Waals surface area contributed by atoms with E-state index < -0.39 is 0 Å². The Morgan fingerprint density at radius 1 is 1.45 bits per heavy atom. The van der Waals surface area contributed by atoms with Gasteiger partial charge in [-0.3, -0.25) is 4.39 Å². The van der Waals surface area contributed by atoms with Crippen molar-refractivity contribution in [3.8, 4) is 0 Å². The summed E-state index contributed by atoms with van der Waals surface area (Å²) in [6, 6.07) is 0.361. The van der Waals surface area contributed by atoms with Gasteiger partial charge in [-0.25, -0.2) is 0 Å². The number of likely N-dealkylation sites (tertiary alicyclic amines) is 1. The quantitative estimate of drug-likeness (QED) is 0.615. The fourth-order valence-electron chi connectivity index (χ4n) is 1.50. The molecule has 0 aromatic heterocycles. The first kappa shape index (κ1) is 8.94. The standard InChI is InChI=1S/C8H17FN2/c9-4-1-2-5-11-6-3-8(10)7-11/h8H,1-7,10H2/t8-/m1/s1. The Kier molecular flexibility index (Phi) is 3.80. The summed E-state index contributed by atoms with van der Waals surface area (Å²) < 4.78 is 11.7. The minimum Gasteiger partial charge on any atom is -0.326 e. The summed E-state index contributed by atoms with van der Waals surface area (Å²) in [4.78, 5) is 2.32. The third-order valence-corrected chi connectivity index (χ3v) is 2.17. The smallest absolute Gasteiger partial charge is 0.0894 e. The predicted molar refractivity (Wildman–Crippen MR) is 44.2 cm³/mol. The SMILES string of the molecule is N[C@@H]1CCN(CCCCF)C1. The van der Waals surface area contributed by atoms with Crippen LogP contribution in [0.5, 0.6) is 0 Å². The molecule has 1 fully saturated rings. The Bertz CT molecular complexity index is 108. The van der Waals surface area contributed by atoms with Crippen LogP contribution in [-0.2, 0) is 0 Å². The van der Waals surface area contributed by atoms with E-state index in [-0.39, 0.29) is 6.67 Å². The second kappa shape index (κ2) is 4.67. The van der Waals surface area contributed by atoms with Crippen LogP contribution in [0.3, 0.4) is 0 Å². The molecule has 0 aromatic rings. The molecule has 1 rings (SSSR count). The summed E-state index contributed by atoms with van der Waals surface area (Å²) in [5.41, 5.74) is 5.71. The van der Waals surface area contributed by atoms with Gasteiger partial charge >= 0.3 is 0 Å². The van der Waals surface area contributed by atoms with E-state index in [9.17, 15) is 4.39 Å². The van der Waals surface area contributed by atoms with Crippen molar-refractivity contribution in [2.24, 2.45) is 5.73 Å². The van der Waals surface area contributed by atoms with Crippen molar-refractivity contribution >= 4 is 0 Å². The highest BCUT2D eigenvalue weighted by Gasteiger charge is 2.17. The van der Waals surface area contributed by atoms with Gasteiger partial charge in [0.15, 0.2) is 0 Å². The normalized spacial score (nSPS) is 26.2. The molecule has 66 valence electrons. The van der Waals surface area contributed by atoms with E-state index in [1.807, 2.05) is 0 Å². The summed E-state index contributed by atoms with van der Waals surface area (Å²) in [5, 5.41) is 0. The van der Waals surface area contributed by atoms with Crippen LogP contribution < -0.4 is 5.73 Å². The van der Waals surface area contributed by atoms with Crippen LogP contribution in [0.2, 0.25) is 0 Å². The zero-order chi connectivity index (χ0) is 8.10. The van der Waals surface area contributed by atoms with E-state index >= 15 is 0 Å². The predicted octanol–water partition coefficient (Wildman–Crippen LogP) is 0.769. The highest BCUT2D eigenvalue weighted by molar-refractivity contribution is 4.77. The number of halogens is 1. The highest BCUT2D eigenvalue weighted by atomic mass is 19.1. The lowest BCUT2D eigenvalue weighted by atomic mass is 10.3. The molecule has 0 spiro atoms. The van der Waals surface area contributed by atoms with Crippen molar-refractivity contribution in [3.05, 3.63) is 0 Å². The molecule has 1 heterocycles. The molecule has 0 radical (unpaired) electrons. The maximum absolute atomic E-state index is 11.7. The Morgan fingerprint density at radius 2 is 2.27 bits per heavy atom. The maximum Gasteiger partial charge on any atom is 0.0894 e. The molecule has 0 aliphatic carbocycles. The lowest BCUT2D eigenvalue weighted by Crippen LogP contribution is -2.27. The molecule has 1 aliphatic rings. The van der Waals surface area contributed by atoms with Crippen LogP contribution in [0.4, 0.5) is 4.39 Å². The number of alkyl halides is 1. The van der Waals surface area contributed by atoms with Crippen LogP contribution in [0.15, 0.2) is 0 Å². The van der Waals surface area contributed by atoms with Crippen LogP contribution >= 0.6 is 0 Å². The summed E-state index contributed by atoms with van der Waals surface area (Å²) >= 11 is 0.